The summed E-state index contributed by atoms with van der Waals surface area (Å²) in [5.41, 5.74) is 6.53. The largest absolute Gasteiger partial charge is 0.493 e. The Hall–Kier alpha value is -0.710. The van der Waals surface area contributed by atoms with Crippen LogP contribution in [-0.2, 0) is 6.42 Å². The van der Waals surface area contributed by atoms with E-state index in [0.29, 0.717) is 29.7 Å². The lowest BCUT2D eigenvalue weighted by atomic mass is 10.1. The highest BCUT2D eigenvalue weighted by molar-refractivity contribution is 9.11. The monoisotopic (exact) mass is 319 g/mol. The summed E-state index contributed by atoms with van der Waals surface area (Å²) in [6, 6.07) is 3.72. The molecule has 0 bridgehead atoms. The van der Waals surface area contributed by atoms with E-state index < -0.39 is 0 Å². The summed E-state index contributed by atoms with van der Waals surface area (Å²) in [4.78, 5) is 0. The van der Waals surface area contributed by atoms with Crippen molar-refractivity contribution >= 4 is 27.5 Å². The maximum Gasteiger partial charge on any atom is 0.180 e. The van der Waals surface area contributed by atoms with Gasteiger partial charge < -0.3 is 15.2 Å². The maximum atomic E-state index is 6.14. The molecule has 0 spiro atoms. The summed E-state index contributed by atoms with van der Waals surface area (Å²) < 4.78 is 11.5. The molecule has 0 radical (unpaired) electrons. The van der Waals surface area contributed by atoms with Crippen molar-refractivity contribution in [2.45, 2.75) is 6.42 Å². The van der Waals surface area contributed by atoms with Gasteiger partial charge in [-0.2, -0.15) is 0 Å². The molecule has 0 fully saturated rings. The maximum absolute atomic E-state index is 6.14. The number of benzene rings is 1. The molecule has 0 unspecified atom stereocenters. The lowest BCUT2D eigenvalue weighted by Crippen LogP contribution is -2.04. The van der Waals surface area contributed by atoms with Gasteiger partial charge in [0.05, 0.1) is 12.1 Å². The van der Waals surface area contributed by atoms with E-state index in [-0.39, 0.29) is 0 Å². The van der Waals surface area contributed by atoms with Gasteiger partial charge in [0.15, 0.2) is 11.5 Å². The number of nitrogens with two attached hydrogens (primary N) is 1. The van der Waals surface area contributed by atoms with E-state index in [1.54, 1.807) is 7.11 Å². The Morgan fingerprint density at radius 2 is 2.24 bits per heavy atom. The molecule has 3 nitrogen and oxygen atoms in total. The van der Waals surface area contributed by atoms with Crippen LogP contribution in [-0.4, -0.2) is 20.3 Å². The predicted molar refractivity (Wildman–Crippen MR) is 74.3 cm³/mol. The minimum atomic E-state index is 0.340. The lowest BCUT2D eigenvalue weighted by Gasteiger charge is -2.13. The number of ether oxygens (including phenoxy) is 2. The highest BCUT2D eigenvalue weighted by atomic mass is 79.9. The van der Waals surface area contributed by atoms with Crippen LogP contribution in [0.3, 0.4) is 0 Å². The molecule has 0 aliphatic rings. The molecular formula is C12H15BrClNO2. The van der Waals surface area contributed by atoms with Crippen molar-refractivity contribution in [2.24, 2.45) is 5.73 Å². The van der Waals surface area contributed by atoms with Gasteiger partial charge in [-0.1, -0.05) is 34.1 Å². The SMILES string of the molecule is C=C(Br)COc1c(Cl)cc(CCN)cc1OC. The van der Waals surface area contributed by atoms with Crippen molar-refractivity contribution in [2.75, 3.05) is 20.3 Å². The minimum absolute atomic E-state index is 0.340. The third kappa shape index (κ3) is 4.22. The van der Waals surface area contributed by atoms with E-state index in [1.807, 2.05) is 12.1 Å². The Morgan fingerprint density at radius 3 is 2.76 bits per heavy atom. The van der Waals surface area contributed by atoms with Crippen molar-refractivity contribution < 1.29 is 9.47 Å². The fourth-order valence-corrected chi connectivity index (χ4v) is 1.78. The summed E-state index contributed by atoms with van der Waals surface area (Å²) in [5, 5.41) is 0.515. The van der Waals surface area contributed by atoms with Gasteiger partial charge in [0.1, 0.15) is 6.61 Å². The summed E-state index contributed by atoms with van der Waals surface area (Å²) in [6.07, 6.45) is 0.752. The molecule has 0 saturated carbocycles. The molecule has 1 rings (SSSR count). The van der Waals surface area contributed by atoms with Crippen LogP contribution in [0.1, 0.15) is 5.56 Å². The van der Waals surface area contributed by atoms with E-state index in [4.69, 9.17) is 26.8 Å². The summed E-state index contributed by atoms with van der Waals surface area (Å²) >= 11 is 9.36. The zero-order chi connectivity index (χ0) is 12.8. The van der Waals surface area contributed by atoms with Crippen LogP contribution < -0.4 is 15.2 Å². The van der Waals surface area contributed by atoms with Gasteiger partial charge in [-0.05, 0) is 30.7 Å². The molecule has 0 amide bonds. The third-order valence-corrected chi connectivity index (χ3v) is 2.61. The molecule has 1 aromatic rings. The topological polar surface area (TPSA) is 44.5 Å². The first-order chi connectivity index (χ1) is 8.08. The van der Waals surface area contributed by atoms with E-state index in [1.165, 1.54) is 0 Å². The van der Waals surface area contributed by atoms with E-state index in [0.717, 1.165) is 16.5 Å². The first-order valence-electron chi connectivity index (χ1n) is 5.11. The Morgan fingerprint density at radius 1 is 1.53 bits per heavy atom. The Balaban J connectivity index is 2.98. The second-order valence-electron chi connectivity index (χ2n) is 3.45. The zero-order valence-electron chi connectivity index (χ0n) is 9.63. The fraction of sp³-hybridized carbons (Fsp3) is 0.333. The highest BCUT2D eigenvalue weighted by Crippen LogP contribution is 2.36. The molecule has 5 heteroatoms. The second kappa shape index (κ2) is 6.89. The van der Waals surface area contributed by atoms with E-state index in [2.05, 4.69) is 22.5 Å². The summed E-state index contributed by atoms with van der Waals surface area (Å²) in [5.74, 6) is 1.13. The Bertz CT molecular complexity index is 410. The molecule has 0 aliphatic carbocycles. The average Bonchev–Trinajstić information content (AvgIpc) is 2.27. The Labute approximate surface area is 115 Å². The van der Waals surface area contributed by atoms with Crippen LogP contribution in [0.4, 0.5) is 0 Å². The molecule has 94 valence electrons. The summed E-state index contributed by atoms with van der Waals surface area (Å²) in [7, 11) is 1.58. The number of hydrogen-bond acceptors (Lipinski definition) is 3. The van der Waals surface area contributed by atoms with Gasteiger partial charge in [0, 0.05) is 4.48 Å². The van der Waals surface area contributed by atoms with Crippen LogP contribution in [0.15, 0.2) is 23.2 Å². The van der Waals surface area contributed by atoms with Crippen LogP contribution in [0, 0.1) is 0 Å². The number of halogens is 2. The number of rotatable bonds is 6. The molecule has 0 aliphatic heterocycles. The van der Waals surface area contributed by atoms with Crippen molar-refractivity contribution in [1.82, 2.24) is 0 Å². The zero-order valence-corrected chi connectivity index (χ0v) is 12.0. The van der Waals surface area contributed by atoms with E-state index >= 15 is 0 Å². The van der Waals surface area contributed by atoms with Crippen molar-refractivity contribution in [3.63, 3.8) is 0 Å². The van der Waals surface area contributed by atoms with Crippen molar-refractivity contribution in [3.8, 4) is 11.5 Å². The standard InChI is InChI=1S/C12H15BrClNO2/c1-8(13)7-17-12-10(14)5-9(3-4-15)6-11(12)16-2/h5-6H,1,3-4,7,15H2,2H3. The minimum Gasteiger partial charge on any atom is -0.493 e. The second-order valence-corrected chi connectivity index (χ2v) is 4.98. The molecular weight excluding hydrogens is 305 g/mol. The smallest absolute Gasteiger partial charge is 0.180 e. The Kier molecular flexibility index (Phi) is 5.82. The number of hydrogen-bond donors (Lipinski definition) is 1. The van der Waals surface area contributed by atoms with Crippen LogP contribution in [0.5, 0.6) is 11.5 Å². The molecule has 17 heavy (non-hydrogen) atoms. The van der Waals surface area contributed by atoms with Crippen LogP contribution >= 0.6 is 27.5 Å². The van der Waals surface area contributed by atoms with Gasteiger partial charge in [-0.25, -0.2) is 0 Å². The molecule has 0 saturated heterocycles. The third-order valence-electron chi connectivity index (χ3n) is 2.10. The van der Waals surface area contributed by atoms with Crippen LogP contribution in [0.2, 0.25) is 5.02 Å². The lowest BCUT2D eigenvalue weighted by molar-refractivity contribution is 0.325. The quantitative estimate of drug-likeness (QED) is 0.876. The normalized spacial score (nSPS) is 10.1. The molecule has 0 heterocycles. The van der Waals surface area contributed by atoms with Crippen molar-refractivity contribution in [1.29, 1.82) is 0 Å². The molecule has 0 aromatic heterocycles. The van der Waals surface area contributed by atoms with Gasteiger partial charge in [-0.3, -0.25) is 0 Å². The summed E-state index contributed by atoms with van der Waals surface area (Å²) in [6.45, 7) is 4.60. The predicted octanol–water partition coefficient (Wildman–Crippen LogP) is 3.14. The average molecular weight is 321 g/mol. The molecule has 0 atom stereocenters. The van der Waals surface area contributed by atoms with Gasteiger partial charge in [0.25, 0.3) is 0 Å². The fourth-order valence-electron chi connectivity index (χ4n) is 1.37. The number of methoxy groups -OCH3 is 1. The molecule has 1 aromatic carbocycles. The molecule has 2 N–H and O–H groups in total. The van der Waals surface area contributed by atoms with Gasteiger partial charge >= 0.3 is 0 Å². The van der Waals surface area contributed by atoms with E-state index in [9.17, 15) is 0 Å². The van der Waals surface area contributed by atoms with Crippen LogP contribution in [0.25, 0.3) is 0 Å². The van der Waals surface area contributed by atoms with Gasteiger partial charge in [0.2, 0.25) is 0 Å². The highest BCUT2D eigenvalue weighted by Gasteiger charge is 2.11. The van der Waals surface area contributed by atoms with Crippen molar-refractivity contribution in [3.05, 3.63) is 33.8 Å². The first-order valence-corrected chi connectivity index (χ1v) is 6.28. The first kappa shape index (κ1) is 14.4. The van der Waals surface area contributed by atoms with Gasteiger partial charge in [-0.15, -0.1) is 0 Å².